The fourth-order valence-corrected chi connectivity index (χ4v) is 2.84. The summed E-state index contributed by atoms with van der Waals surface area (Å²) in [5.41, 5.74) is 3.06. The molecule has 8 heteroatoms. The maximum Gasteiger partial charge on any atom is 0.246 e. The summed E-state index contributed by atoms with van der Waals surface area (Å²) in [6, 6.07) is 14.8. The van der Waals surface area contributed by atoms with Crippen molar-refractivity contribution >= 4 is 47.2 Å². The zero-order valence-electron chi connectivity index (χ0n) is 17.8. The second-order valence-electron chi connectivity index (χ2n) is 6.64. The van der Waals surface area contributed by atoms with Crippen molar-refractivity contribution in [3.63, 3.8) is 0 Å². The van der Waals surface area contributed by atoms with Crippen LogP contribution in [0.3, 0.4) is 0 Å². The van der Waals surface area contributed by atoms with Gasteiger partial charge in [-0.25, -0.2) is 4.99 Å². The Labute approximate surface area is 196 Å². The third-order valence-electron chi connectivity index (χ3n) is 4.30. The lowest BCUT2D eigenvalue weighted by Crippen LogP contribution is -2.42. The SMILES string of the molecule is CCNC(=NCC(=O)Nc1ccc(O)cc1)NCCN(CC)c1cccc(C)c1.I. The van der Waals surface area contributed by atoms with E-state index in [1.54, 1.807) is 12.1 Å². The van der Waals surface area contributed by atoms with Gasteiger partial charge in [-0.1, -0.05) is 12.1 Å². The van der Waals surface area contributed by atoms with Gasteiger partial charge in [0.25, 0.3) is 0 Å². The normalized spacial score (nSPS) is 10.7. The molecule has 0 unspecified atom stereocenters. The molecule has 0 saturated heterocycles. The van der Waals surface area contributed by atoms with Gasteiger partial charge in [-0.15, -0.1) is 24.0 Å². The van der Waals surface area contributed by atoms with Crippen molar-refractivity contribution in [2.75, 3.05) is 42.9 Å². The van der Waals surface area contributed by atoms with E-state index in [0.717, 1.165) is 13.1 Å². The monoisotopic (exact) mass is 525 g/mol. The summed E-state index contributed by atoms with van der Waals surface area (Å²) >= 11 is 0. The number of phenols is 1. The van der Waals surface area contributed by atoms with Crippen molar-refractivity contribution in [1.82, 2.24) is 10.6 Å². The summed E-state index contributed by atoms with van der Waals surface area (Å²) in [5.74, 6) is 0.544. The van der Waals surface area contributed by atoms with E-state index in [9.17, 15) is 9.90 Å². The predicted octanol–water partition coefficient (Wildman–Crippen LogP) is 3.34. The average molecular weight is 525 g/mol. The zero-order valence-corrected chi connectivity index (χ0v) is 20.1. The van der Waals surface area contributed by atoms with E-state index in [4.69, 9.17) is 0 Å². The van der Waals surface area contributed by atoms with Gasteiger partial charge in [-0.2, -0.15) is 0 Å². The van der Waals surface area contributed by atoms with E-state index < -0.39 is 0 Å². The average Bonchev–Trinajstić information content (AvgIpc) is 2.71. The van der Waals surface area contributed by atoms with Crippen LogP contribution in [0, 0.1) is 6.92 Å². The molecule has 0 aliphatic rings. The summed E-state index contributed by atoms with van der Waals surface area (Å²) in [5, 5.41) is 18.5. The molecule has 0 spiro atoms. The molecule has 0 aliphatic heterocycles. The molecule has 0 aliphatic carbocycles. The van der Waals surface area contributed by atoms with Gasteiger partial charge in [0, 0.05) is 37.6 Å². The highest BCUT2D eigenvalue weighted by Gasteiger charge is 2.06. The molecule has 0 fully saturated rings. The van der Waals surface area contributed by atoms with E-state index in [2.05, 4.69) is 64.0 Å². The number of likely N-dealkylation sites (N-methyl/N-ethyl adjacent to an activating group) is 1. The molecular weight excluding hydrogens is 493 g/mol. The molecule has 0 bridgehead atoms. The lowest BCUT2D eigenvalue weighted by Gasteiger charge is -2.24. The Morgan fingerprint density at radius 2 is 1.83 bits per heavy atom. The number of aliphatic imine (C=N–C) groups is 1. The molecule has 1 amide bonds. The van der Waals surface area contributed by atoms with Crippen molar-refractivity contribution in [1.29, 1.82) is 0 Å². The molecule has 0 heterocycles. The molecule has 4 N–H and O–H groups in total. The van der Waals surface area contributed by atoms with Gasteiger partial charge in [-0.05, 0) is 62.7 Å². The van der Waals surface area contributed by atoms with Gasteiger partial charge in [0.1, 0.15) is 12.3 Å². The number of rotatable bonds is 9. The Morgan fingerprint density at radius 3 is 2.47 bits per heavy atom. The lowest BCUT2D eigenvalue weighted by molar-refractivity contribution is -0.114. The first-order valence-corrected chi connectivity index (χ1v) is 9.94. The number of nitrogens with zero attached hydrogens (tertiary/aromatic N) is 2. The van der Waals surface area contributed by atoms with E-state index in [1.807, 2.05) is 6.92 Å². The number of amides is 1. The van der Waals surface area contributed by atoms with Crippen molar-refractivity contribution < 1.29 is 9.90 Å². The van der Waals surface area contributed by atoms with Gasteiger partial charge in [-0.3, -0.25) is 4.79 Å². The van der Waals surface area contributed by atoms with Crippen molar-refractivity contribution in [3.8, 4) is 5.75 Å². The van der Waals surface area contributed by atoms with Gasteiger partial charge in [0.2, 0.25) is 5.91 Å². The number of phenolic OH excluding ortho intramolecular Hbond substituents is 1. The second kappa shape index (κ2) is 13.7. The third kappa shape index (κ3) is 8.89. The highest BCUT2D eigenvalue weighted by molar-refractivity contribution is 14.0. The molecule has 30 heavy (non-hydrogen) atoms. The topological polar surface area (TPSA) is 89.0 Å². The number of aromatic hydroxyl groups is 1. The first kappa shape index (κ1) is 25.5. The maximum absolute atomic E-state index is 12.1. The van der Waals surface area contributed by atoms with Crippen molar-refractivity contribution in [2.24, 2.45) is 4.99 Å². The van der Waals surface area contributed by atoms with Crippen LogP contribution >= 0.6 is 24.0 Å². The first-order chi connectivity index (χ1) is 14.0. The number of halogens is 1. The molecule has 164 valence electrons. The van der Waals surface area contributed by atoms with Gasteiger partial charge in [0.05, 0.1) is 0 Å². The summed E-state index contributed by atoms with van der Waals surface area (Å²) in [6.07, 6.45) is 0. The second-order valence-corrected chi connectivity index (χ2v) is 6.64. The van der Waals surface area contributed by atoms with Crippen LogP contribution in [-0.4, -0.2) is 49.7 Å². The standard InChI is InChI=1S/C22H31N5O2.HI/c1-4-23-22(25-16-21(29)26-18-9-11-20(28)12-10-18)24-13-14-27(5-2)19-8-6-7-17(3)15-19;/h6-12,15,28H,4-5,13-14,16H2,1-3H3,(H,26,29)(H2,23,24,25);1H. The number of carbonyl (C=O) groups excluding carboxylic acids is 1. The minimum atomic E-state index is -0.220. The minimum Gasteiger partial charge on any atom is -0.508 e. The van der Waals surface area contributed by atoms with Crippen LogP contribution in [0.15, 0.2) is 53.5 Å². The van der Waals surface area contributed by atoms with Gasteiger partial charge in [0.15, 0.2) is 5.96 Å². The summed E-state index contributed by atoms with van der Waals surface area (Å²) in [6.45, 7) is 9.36. The highest BCUT2D eigenvalue weighted by atomic mass is 127. The Balaban J connectivity index is 0.00000450. The smallest absolute Gasteiger partial charge is 0.246 e. The maximum atomic E-state index is 12.1. The number of hydrogen-bond acceptors (Lipinski definition) is 4. The molecule has 7 nitrogen and oxygen atoms in total. The fourth-order valence-electron chi connectivity index (χ4n) is 2.84. The van der Waals surface area contributed by atoms with E-state index in [-0.39, 0.29) is 42.2 Å². The Morgan fingerprint density at radius 1 is 1.10 bits per heavy atom. The molecule has 0 aromatic heterocycles. The first-order valence-electron chi connectivity index (χ1n) is 9.94. The van der Waals surface area contributed by atoms with Crippen LogP contribution < -0.4 is 20.9 Å². The zero-order chi connectivity index (χ0) is 21.1. The molecule has 0 radical (unpaired) electrons. The van der Waals surface area contributed by atoms with Crippen LogP contribution in [-0.2, 0) is 4.79 Å². The minimum absolute atomic E-state index is 0. The predicted molar refractivity (Wildman–Crippen MR) is 135 cm³/mol. The highest BCUT2D eigenvalue weighted by Crippen LogP contribution is 2.15. The van der Waals surface area contributed by atoms with Crippen LogP contribution in [0.25, 0.3) is 0 Å². The lowest BCUT2D eigenvalue weighted by atomic mass is 10.2. The Hall–Kier alpha value is -2.49. The largest absolute Gasteiger partial charge is 0.508 e. The number of benzene rings is 2. The van der Waals surface area contributed by atoms with Crippen LogP contribution in [0.2, 0.25) is 0 Å². The van der Waals surface area contributed by atoms with Crippen LogP contribution in [0.5, 0.6) is 5.75 Å². The van der Waals surface area contributed by atoms with Crippen molar-refractivity contribution in [2.45, 2.75) is 20.8 Å². The number of guanidine groups is 1. The number of carbonyl (C=O) groups is 1. The quantitative estimate of drug-likeness (QED) is 0.175. The third-order valence-corrected chi connectivity index (χ3v) is 4.30. The summed E-state index contributed by atoms with van der Waals surface area (Å²) < 4.78 is 0. The van der Waals surface area contributed by atoms with E-state index in [1.165, 1.54) is 23.4 Å². The molecule has 2 rings (SSSR count). The van der Waals surface area contributed by atoms with Gasteiger partial charge < -0.3 is 26.0 Å². The van der Waals surface area contributed by atoms with E-state index >= 15 is 0 Å². The van der Waals surface area contributed by atoms with Crippen LogP contribution in [0.4, 0.5) is 11.4 Å². The molecular formula is C22H32IN5O2. The molecule has 0 saturated carbocycles. The number of anilines is 2. The summed E-state index contributed by atoms with van der Waals surface area (Å²) in [4.78, 5) is 18.8. The Bertz CT molecular complexity index is 811. The number of hydrogen-bond donors (Lipinski definition) is 4. The number of nitrogens with one attached hydrogen (secondary N) is 3. The van der Waals surface area contributed by atoms with Gasteiger partial charge >= 0.3 is 0 Å². The molecule has 2 aromatic carbocycles. The molecule has 0 atom stereocenters. The van der Waals surface area contributed by atoms with Crippen LogP contribution in [0.1, 0.15) is 19.4 Å². The summed E-state index contributed by atoms with van der Waals surface area (Å²) in [7, 11) is 0. The van der Waals surface area contributed by atoms with E-state index in [0.29, 0.717) is 24.7 Å². The molecule has 2 aromatic rings. The van der Waals surface area contributed by atoms with Crippen molar-refractivity contribution in [3.05, 3.63) is 54.1 Å². The Kier molecular flexibility index (Phi) is 11.7. The fraction of sp³-hybridized carbons (Fsp3) is 0.364. The number of aryl methyl sites for hydroxylation is 1.